The molecule has 1 aromatic carbocycles. The Morgan fingerprint density at radius 2 is 2.03 bits per heavy atom. The second-order valence-corrected chi connectivity index (χ2v) is 11.6. The van der Waals surface area contributed by atoms with Crippen LogP contribution in [0.4, 0.5) is 0 Å². The number of ether oxygens (including phenoxy) is 1. The minimum Gasteiger partial charge on any atom is -0.479 e. The van der Waals surface area contributed by atoms with E-state index in [1.807, 2.05) is 44.4 Å². The number of aromatic nitrogens is 1. The lowest BCUT2D eigenvalue weighted by Gasteiger charge is -2.39. The number of likely N-dealkylation sites (tertiary alicyclic amines) is 1. The van der Waals surface area contributed by atoms with E-state index in [9.17, 15) is 14.7 Å². The molecule has 0 radical (unpaired) electrons. The molecule has 0 aliphatic carbocycles. The number of aliphatic carboxylic acids is 1. The number of carbonyl (C=O) groups excluding carboxylic acids is 1. The third kappa shape index (κ3) is 4.85. The maximum Gasteiger partial charge on any atom is 0.329 e. The number of thiazole rings is 1. The van der Waals surface area contributed by atoms with Gasteiger partial charge in [-0.3, -0.25) is 4.79 Å². The third-order valence-electron chi connectivity index (χ3n) is 6.52. The highest BCUT2D eigenvalue weighted by molar-refractivity contribution is 7.09. The van der Waals surface area contributed by atoms with Crippen molar-refractivity contribution in [1.29, 1.82) is 0 Å². The Morgan fingerprint density at radius 3 is 2.52 bits per heavy atom. The zero-order chi connectivity index (χ0) is 24.6. The Hall–Kier alpha value is -2.25. The van der Waals surface area contributed by atoms with Crippen molar-refractivity contribution in [1.82, 2.24) is 9.88 Å². The van der Waals surface area contributed by atoms with E-state index in [1.54, 1.807) is 18.2 Å². The lowest BCUT2D eigenvalue weighted by atomic mass is 9.82. The highest BCUT2D eigenvalue weighted by Gasteiger charge is 2.59. The van der Waals surface area contributed by atoms with Gasteiger partial charge in [0.2, 0.25) is 0 Å². The van der Waals surface area contributed by atoms with Gasteiger partial charge in [-0.1, -0.05) is 40.7 Å². The van der Waals surface area contributed by atoms with Crippen LogP contribution in [0.1, 0.15) is 80.0 Å². The molecule has 0 bridgehead atoms. The predicted octanol–water partition coefficient (Wildman–Crippen LogP) is 5.47. The summed E-state index contributed by atoms with van der Waals surface area (Å²) in [5, 5.41) is 13.2. The van der Waals surface area contributed by atoms with E-state index in [0.717, 1.165) is 10.6 Å². The van der Waals surface area contributed by atoms with Crippen LogP contribution >= 0.6 is 11.3 Å². The summed E-state index contributed by atoms with van der Waals surface area (Å²) in [6.07, 6.45) is 2.41. The van der Waals surface area contributed by atoms with Crippen molar-refractivity contribution < 1.29 is 19.4 Å². The molecule has 1 aliphatic rings. The van der Waals surface area contributed by atoms with Crippen molar-refractivity contribution in [2.45, 2.75) is 71.4 Å². The highest BCUT2D eigenvalue weighted by Crippen LogP contribution is 2.51. The first-order chi connectivity index (χ1) is 15.4. The summed E-state index contributed by atoms with van der Waals surface area (Å²) in [6, 6.07) is 5.28. The van der Waals surface area contributed by atoms with Gasteiger partial charge in [0.1, 0.15) is 10.5 Å². The van der Waals surface area contributed by atoms with Gasteiger partial charge in [0.25, 0.3) is 5.91 Å². The SMILES string of the molecule is COC[C@H]1C[C@@](CC(C)C)(C(=O)O)N(C(=O)c2ccc(C(C)(C)C)c(C)c2)[C@H]1c1nccs1. The average molecular weight is 473 g/mol. The fourth-order valence-electron chi connectivity index (χ4n) is 5.41. The van der Waals surface area contributed by atoms with Crippen molar-refractivity contribution in [3.63, 3.8) is 0 Å². The fourth-order valence-corrected chi connectivity index (χ4v) is 6.23. The van der Waals surface area contributed by atoms with Gasteiger partial charge in [-0.25, -0.2) is 9.78 Å². The highest BCUT2D eigenvalue weighted by atomic mass is 32.1. The van der Waals surface area contributed by atoms with Crippen LogP contribution in [0.15, 0.2) is 29.8 Å². The van der Waals surface area contributed by atoms with Crippen LogP contribution in [0, 0.1) is 18.8 Å². The van der Waals surface area contributed by atoms with Crippen LogP contribution in [0.5, 0.6) is 0 Å². The predicted molar refractivity (Wildman–Crippen MR) is 131 cm³/mol. The molecule has 1 amide bonds. The minimum absolute atomic E-state index is 0.0469. The zero-order valence-corrected chi connectivity index (χ0v) is 21.5. The van der Waals surface area contributed by atoms with Gasteiger partial charge < -0.3 is 14.7 Å². The van der Waals surface area contributed by atoms with Crippen molar-refractivity contribution >= 4 is 23.2 Å². The molecular formula is C26H36N2O4S. The molecule has 3 rings (SSSR count). The molecule has 1 aliphatic heterocycles. The molecule has 1 saturated heterocycles. The number of amides is 1. The normalized spacial score (nSPS) is 23.3. The van der Waals surface area contributed by atoms with Crippen LogP contribution < -0.4 is 0 Å². The molecule has 1 aromatic heterocycles. The average Bonchev–Trinajstić information content (AvgIpc) is 3.33. The van der Waals surface area contributed by atoms with E-state index in [2.05, 4.69) is 25.8 Å². The summed E-state index contributed by atoms with van der Waals surface area (Å²) in [7, 11) is 1.61. The number of hydrogen-bond acceptors (Lipinski definition) is 5. The molecular weight excluding hydrogens is 436 g/mol. The molecule has 6 nitrogen and oxygen atoms in total. The second kappa shape index (κ2) is 9.55. The van der Waals surface area contributed by atoms with E-state index in [-0.39, 0.29) is 23.2 Å². The summed E-state index contributed by atoms with van der Waals surface area (Å²) < 4.78 is 5.48. The van der Waals surface area contributed by atoms with Gasteiger partial charge in [-0.15, -0.1) is 11.3 Å². The molecule has 2 aromatic rings. The number of aryl methyl sites for hydroxylation is 1. The summed E-state index contributed by atoms with van der Waals surface area (Å²) in [4.78, 5) is 33.1. The first kappa shape index (κ1) is 25.4. The van der Waals surface area contributed by atoms with Gasteiger partial charge in [-0.2, -0.15) is 0 Å². The summed E-state index contributed by atoms with van der Waals surface area (Å²) >= 11 is 1.45. The largest absolute Gasteiger partial charge is 0.479 e. The van der Waals surface area contributed by atoms with Crippen LogP contribution in [0.3, 0.4) is 0 Å². The van der Waals surface area contributed by atoms with Crippen LogP contribution in [0.25, 0.3) is 0 Å². The van der Waals surface area contributed by atoms with Gasteiger partial charge >= 0.3 is 5.97 Å². The summed E-state index contributed by atoms with van der Waals surface area (Å²) in [6.45, 7) is 12.8. The lowest BCUT2D eigenvalue weighted by Crippen LogP contribution is -2.54. The van der Waals surface area contributed by atoms with E-state index in [1.165, 1.54) is 16.9 Å². The first-order valence-corrected chi connectivity index (χ1v) is 12.4. The molecule has 0 spiro atoms. The zero-order valence-electron chi connectivity index (χ0n) is 20.7. The van der Waals surface area contributed by atoms with Crippen molar-refractivity contribution in [2.75, 3.05) is 13.7 Å². The monoisotopic (exact) mass is 472 g/mol. The number of carboxylic acids is 1. The van der Waals surface area contributed by atoms with Crippen molar-refractivity contribution in [3.8, 4) is 0 Å². The van der Waals surface area contributed by atoms with Gasteiger partial charge in [0.05, 0.1) is 12.6 Å². The van der Waals surface area contributed by atoms with Gasteiger partial charge in [-0.05, 0) is 54.4 Å². The maximum absolute atomic E-state index is 14.1. The molecule has 3 atom stereocenters. The number of methoxy groups -OCH3 is 1. The molecule has 180 valence electrons. The molecule has 0 saturated carbocycles. The fraction of sp³-hybridized carbons (Fsp3) is 0.577. The summed E-state index contributed by atoms with van der Waals surface area (Å²) in [5.74, 6) is -1.29. The Balaban J connectivity index is 2.18. The number of carbonyl (C=O) groups is 2. The molecule has 2 heterocycles. The van der Waals surface area contributed by atoms with Gasteiger partial charge in [0.15, 0.2) is 0 Å². The number of carboxylic acid groups (broad SMARTS) is 1. The van der Waals surface area contributed by atoms with E-state index in [4.69, 9.17) is 4.74 Å². The quantitative estimate of drug-likeness (QED) is 0.578. The number of benzene rings is 1. The minimum atomic E-state index is -1.32. The van der Waals surface area contributed by atoms with Crippen LogP contribution in [-0.4, -0.2) is 46.1 Å². The molecule has 1 N–H and O–H groups in total. The van der Waals surface area contributed by atoms with E-state index in [0.29, 0.717) is 25.0 Å². The molecule has 0 unspecified atom stereocenters. The smallest absolute Gasteiger partial charge is 0.329 e. The Bertz CT molecular complexity index is 996. The van der Waals surface area contributed by atoms with Crippen molar-refractivity contribution in [2.24, 2.45) is 11.8 Å². The Morgan fingerprint density at radius 1 is 1.33 bits per heavy atom. The molecule has 7 heteroatoms. The van der Waals surface area contributed by atoms with E-state index >= 15 is 0 Å². The summed E-state index contributed by atoms with van der Waals surface area (Å²) in [5.41, 5.74) is 1.34. The number of rotatable bonds is 7. The maximum atomic E-state index is 14.1. The number of hydrogen-bond donors (Lipinski definition) is 1. The molecule has 33 heavy (non-hydrogen) atoms. The topological polar surface area (TPSA) is 79.7 Å². The van der Waals surface area contributed by atoms with Crippen LogP contribution in [-0.2, 0) is 14.9 Å². The second-order valence-electron chi connectivity index (χ2n) is 10.6. The van der Waals surface area contributed by atoms with E-state index < -0.39 is 17.6 Å². The Labute approximate surface area is 201 Å². The van der Waals surface area contributed by atoms with Gasteiger partial charge in [0, 0.05) is 30.2 Å². The third-order valence-corrected chi connectivity index (χ3v) is 7.36. The Kier molecular flexibility index (Phi) is 7.34. The number of nitrogens with zero attached hydrogens (tertiary/aromatic N) is 2. The lowest BCUT2D eigenvalue weighted by molar-refractivity contribution is -0.150. The molecule has 1 fully saturated rings. The first-order valence-electron chi connectivity index (χ1n) is 11.5. The standard InChI is InChI=1S/C26H36N2O4S/c1-16(2)13-26(24(30)31)14-19(15-32-7)21(22-27-10-11-33-22)28(26)23(29)18-8-9-20(17(3)12-18)25(4,5)6/h8-12,16,19,21H,13-15H2,1-7H3,(H,30,31)/t19-,21-,26+/m1/s1. The van der Waals surface area contributed by atoms with Crippen molar-refractivity contribution in [3.05, 3.63) is 51.5 Å². The van der Waals surface area contributed by atoms with Crippen LogP contribution in [0.2, 0.25) is 0 Å².